The summed E-state index contributed by atoms with van der Waals surface area (Å²) in [5, 5.41) is 2.93. The lowest BCUT2D eigenvalue weighted by Crippen LogP contribution is -2.48. The molecule has 7 nitrogen and oxygen atoms in total. The average molecular weight is 276 g/mol. The molecule has 2 rings (SSSR count). The van der Waals surface area contributed by atoms with E-state index in [0.717, 1.165) is 4.90 Å². The molecule has 5 N–H and O–H groups in total. The van der Waals surface area contributed by atoms with Crippen molar-refractivity contribution in [2.75, 3.05) is 18.1 Å². The highest BCUT2D eigenvalue weighted by molar-refractivity contribution is 6.04. The number of nitrogens with two attached hydrogens (primary N) is 2. The van der Waals surface area contributed by atoms with E-state index in [1.54, 1.807) is 12.1 Å². The lowest BCUT2D eigenvalue weighted by atomic mass is 10.0. The Hall–Kier alpha value is -2.57. The third kappa shape index (κ3) is 2.42. The van der Waals surface area contributed by atoms with Gasteiger partial charge in [0.25, 0.3) is 11.8 Å². The molecule has 1 aliphatic heterocycles. The SMILES string of the molecule is CN1C(=O)CCC(Nc2c(N)cccc2C(N)=O)C1=O. The molecule has 0 bridgehead atoms. The van der Waals surface area contributed by atoms with Crippen LogP contribution in [0.5, 0.6) is 0 Å². The number of likely N-dealkylation sites (tertiary alicyclic amines) is 1. The quantitative estimate of drug-likeness (QED) is 0.527. The first-order chi connectivity index (χ1) is 9.41. The average Bonchev–Trinajstić information content (AvgIpc) is 2.41. The van der Waals surface area contributed by atoms with Crippen LogP contribution in [0.4, 0.5) is 11.4 Å². The Labute approximate surface area is 115 Å². The second-order valence-corrected chi connectivity index (χ2v) is 4.66. The summed E-state index contributed by atoms with van der Waals surface area (Å²) in [5.41, 5.74) is 12.0. The summed E-state index contributed by atoms with van der Waals surface area (Å²) in [6.07, 6.45) is 0.618. The van der Waals surface area contributed by atoms with Crippen molar-refractivity contribution in [3.05, 3.63) is 23.8 Å². The summed E-state index contributed by atoms with van der Waals surface area (Å²) in [5.74, 6) is -1.20. The number of primary amides is 1. The number of amides is 3. The number of piperidine rings is 1. The van der Waals surface area contributed by atoms with Gasteiger partial charge in [-0.05, 0) is 18.6 Å². The highest BCUT2D eigenvalue weighted by Gasteiger charge is 2.32. The fraction of sp³-hybridized carbons (Fsp3) is 0.308. The molecule has 1 heterocycles. The molecule has 0 saturated carbocycles. The number of likely N-dealkylation sites (N-methyl/N-ethyl adjacent to an activating group) is 1. The number of imide groups is 1. The molecule has 0 aliphatic carbocycles. The van der Waals surface area contributed by atoms with Gasteiger partial charge in [0.05, 0.1) is 16.9 Å². The lowest BCUT2D eigenvalue weighted by Gasteiger charge is -2.29. The number of carbonyl (C=O) groups excluding carboxylic acids is 3. The third-order valence-corrected chi connectivity index (χ3v) is 3.33. The summed E-state index contributed by atoms with van der Waals surface area (Å²) in [4.78, 5) is 35.9. The molecule has 0 spiro atoms. The summed E-state index contributed by atoms with van der Waals surface area (Å²) in [7, 11) is 1.43. The molecular weight excluding hydrogens is 260 g/mol. The molecular formula is C13H16N4O3. The van der Waals surface area contributed by atoms with Gasteiger partial charge in [-0.25, -0.2) is 0 Å². The molecule has 1 saturated heterocycles. The van der Waals surface area contributed by atoms with Crippen LogP contribution < -0.4 is 16.8 Å². The Bertz CT molecular complexity index is 585. The van der Waals surface area contributed by atoms with E-state index in [4.69, 9.17) is 11.5 Å². The maximum atomic E-state index is 12.0. The van der Waals surface area contributed by atoms with Gasteiger partial charge in [0.15, 0.2) is 0 Å². The topological polar surface area (TPSA) is 119 Å². The molecule has 0 aromatic heterocycles. The van der Waals surface area contributed by atoms with Crippen LogP contribution in [0.15, 0.2) is 18.2 Å². The van der Waals surface area contributed by atoms with Gasteiger partial charge in [-0.1, -0.05) is 6.07 Å². The number of nitrogens with one attached hydrogen (secondary N) is 1. The number of benzene rings is 1. The summed E-state index contributed by atoms with van der Waals surface area (Å²) in [6.45, 7) is 0. The van der Waals surface area contributed by atoms with Crippen LogP contribution in [0.1, 0.15) is 23.2 Å². The van der Waals surface area contributed by atoms with E-state index in [2.05, 4.69) is 5.32 Å². The molecule has 20 heavy (non-hydrogen) atoms. The normalized spacial score (nSPS) is 19.1. The number of nitrogens with zero attached hydrogens (tertiary/aromatic N) is 1. The highest BCUT2D eigenvalue weighted by atomic mass is 16.2. The number of anilines is 2. The highest BCUT2D eigenvalue weighted by Crippen LogP contribution is 2.26. The minimum atomic E-state index is -0.632. The molecule has 0 radical (unpaired) electrons. The second kappa shape index (κ2) is 5.20. The number of nitrogen functional groups attached to an aromatic ring is 1. The van der Waals surface area contributed by atoms with Gasteiger partial charge >= 0.3 is 0 Å². The molecule has 1 atom stereocenters. The predicted molar refractivity (Wildman–Crippen MR) is 73.8 cm³/mol. The molecule has 1 aliphatic rings. The Morgan fingerprint density at radius 2 is 2.10 bits per heavy atom. The monoisotopic (exact) mass is 276 g/mol. The van der Waals surface area contributed by atoms with Crippen LogP contribution in [0.3, 0.4) is 0 Å². The van der Waals surface area contributed by atoms with E-state index in [9.17, 15) is 14.4 Å². The first-order valence-corrected chi connectivity index (χ1v) is 6.17. The largest absolute Gasteiger partial charge is 0.397 e. The number of carbonyl (C=O) groups is 3. The molecule has 1 aromatic rings. The minimum Gasteiger partial charge on any atom is -0.397 e. The van der Waals surface area contributed by atoms with Gasteiger partial charge in [0, 0.05) is 13.5 Å². The third-order valence-electron chi connectivity index (χ3n) is 3.33. The van der Waals surface area contributed by atoms with Crippen molar-refractivity contribution >= 4 is 29.1 Å². The van der Waals surface area contributed by atoms with Crippen molar-refractivity contribution in [2.45, 2.75) is 18.9 Å². The van der Waals surface area contributed by atoms with Crippen molar-refractivity contribution in [3.8, 4) is 0 Å². The zero-order chi connectivity index (χ0) is 14.9. The van der Waals surface area contributed by atoms with Crippen LogP contribution >= 0.6 is 0 Å². The van der Waals surface area contributed by atoms with Gasteiger partial charge in [-0.15, -0.1) is 0 Å². The van der Waals surface area contributed by atoms with Crippen molar-refractivity contribution in [3.63, 3.8) is 0 Å². The molecule has 1 unspecified atom stereocenters. The second-order valence-electron chi connectivity index (χ2n) is 4.66. The molecule has 3 amide bonds. The lowest BCUT2D eigenvalue weighted by molar-refractivity contribution is -0.146. The zero-order valence-corrected chi connectivity index (χ0v) is 11.1. The first-order valence-electron chi connectivity index (χ1n) is 6.17. The van der Waals surface area contributed by atoms with Crippen LogP contribution in [0, 0.1) is 0 Å². The summed E-state index contributed by atoms with van der Waals surface area (Å²) >= 11 is 0. The Balaban J connectivity index is 2.29. The van der Waals surface area contributed by atoms with Gasteiger partial charge in [-0.2, -0.15) is 0 Å². The maximum absolute atomic E-state index is 12.0. The first kappa shape index (κ1) is 13.9. The predicted octanol–water partition coefficient (Wildman–Crippen LogP) is -0.0730. The van der Waals surface area contributed by atoms with E-state index in [0.29, 0.717) is 17.8 Å². The van der Waals surface area contributed by atoms with Crippen LogP contribution in [-0.2, 0) is 9.59 Å². The zero-order valence-electron chi connectivity index (χ0n) is 11.1. The van der Waals surface area contributed by atoms with E-state index >= 15 is 0 Å². The summed E-state index contributed by atoms with van der Waals surface area (Å²) < 4.78 is 0. The van der Waals surface area contributed by atoms with E-state index in [-0.39, 0.29) is 23.8 Å². The van der Waals surface area contributed by atoms with Crippen LogP contribution in [-0.4, -0.2) is 35.7 Å². The molecule has 7 heteroatoms. The summed E-state index contributed by atoms with van der Waals surface area (Å²) in [6, 6.07) is 4.15. The van der Waals surface area contributed by atoms with E-state index in [1.165, 1.54) is 13.1 Å². The van der Waals surface area contributed by atoms with Gasteiger partial charge < -0.3 is 16.8 Å². The molecule has 1 aromatic carbocycles. The van der Waals surface area contributed by atoms with Gasteiger partial charge in [0.2, 0.25) is 5.91 Å². The standard InChI is InChI=1S/C13H16N4O3/c1-17-10(18)6-5-9(13(17)20)16-11-7(12(15)19)3-2-4-8(11)14/h2-4,9,16H,5-6,14H2,1H3,(H2,15,19). The van der Waals surface area contributed by atoms with Crippen molar-refractivity contribution < 1.29 is 14.4 Å². The smallest absolute Gasteiger partial charge is 0.251 e. The number of rotatable bonds is 3. The Morgan fingerprint density at radius 3 is 2.75 bits per heavy atom. The van der Waals surface area contributed by atoms with Crippen LogP contribution in [0.2, 0.25) is 0 Å². The number of hydrogen-bond donors (Lipinski definition) is 3. The Morgan fingerprint density at radius 1 is 1.40 bits per heavy atom. The van der Waals surface area contributed by atoms with E-state index in [1.807, 2.05) is 0 Å². The van der Waals surface area contributed by atoms with Crippen molar-refractivity contribution in [1.82, 2.24) is 4.90 Å². The maximum Gasteiger partial charge on any atom is 0.251 e. The molecule has 106 valence electrons. The minimum absolute atomic E-state index is 0.218. The van der Waals surface area contributed by atoms with Crippen LogP contribution in [0.25, 0.3) is 0 Å². The van der Waals surface area contributed by atoms with E-state index < -0.39 is 11.9 Å². The van der Waals surface area contributed by atoms with Gasteiger partial charge in [0.1, 0.15) is 6.04 Å². The van der Waals surface area contributed by atoms with Crippen molar-refractivity contribution in [2.24, 2.45) is 5.73 Å². The molecule has 1 fully saturated rings. The fourth-order valence-electron chi connectivity index (χ4n) is 2.16. The Kier molecular flexibility index (Phi) is 3.60. The van der Waals surface area contributed by atoms with Gasteiger partial charge in [-0.3, -0.25) is 19.3 Å². The van der Waals surface area contributed by atoms with Crippen molar-refractivity contribution in [1.29, 1.82) is 0 Å². The fourth-order valence-corrected chi connectivity index (χ4v) is 2.16. The number of para-hydroxylation sites is 1. The number of hydrogen-bond acceptors (Lipinski definition) is 5.